The van der Waals surface area contributed by atoms with E-state index in [0.29, 0.717) is 0 Å². The lowest BCUT2D eigenvalue weighted by atomic mass is 10.3. The summed E-state index contributed by atoms with van der Waals surface area (Å²) in [6, 6.07) is 7.81. The number of aromatic nitrogens is 4. The number of fused-ring (bicyclic) bond motifs is 1. The minimum Gasteiger partial charge on any atom is -0.295 e. The number of rotatable bonds is 1. The zero-order valence-electron chi connectivity index (χ0n) is 11.4. The topological polar surface area (TPSA) is 43.1 Å². The Bertz CT molecular complexity index is 956. The van der Waals surface area contributed by atoms with Crippen molar-refractivity contribution in [1.29, 1.82) is 0 Å². The van der Waals surface area contributed by atoms with E-state index in [2.05, 4.69) is 33.0 Å². The third kappa shape index (κ3) is 2.48. The summed E-state index contributed by atoms with van der Waals surface area (Å²) in [5.41, 5.74) is 2.56. The maximum atomic E-state index is 4.51. The van der Waals surface area contributed by atoms with Crippen LogP contribution in [0.2, 0.25) is 0 Å². The maximum Gasteiger partial charge on any atom is 0.156 e. The highest BCUT2D eigenvalue weighted by Crippen LogP contribution is 2.26. The summed E-state index contributed by atoms with van der Waals surface area (Å²) in [5.74, 6) is 6.29. The molecule has 0 amide bonds. The third-order valence-corrected chi connectivity index (χ3v) is 4.05. The molecule has 4 heterocycles. The zero-order valence-corrected chi connectivity index (χ0v) is 12.2. The molecule has 0 saturated carbocycles. The van der Waals surface area contributed by atoms with E-state index in [1.165, 1.54) is 0 Å². The fourth-order valence-electron chi connectivity index (χ4n) is 2.00. The highest BCUT2D eigenvalue weighted by atomic mass is 32.1. The fraction of sp³-hybridized carbons (Fsp3) is 0. The molecule has 0 aliphatic heterocycles. The summed E-state index contributed by atoms with van der Waals surface area (Å²) in [7, 11) is 0. The van der Waals surface area contributed by atoms with Gasteiger partial charge in [0.05, 0.1) is 16.0 Å². The molecule has 103 valence electrons. The Morgan fingerprint density at radius 3 is 2.77 bits per heavy atom. The molecule has 4 aromatic rings. The first-order chi connectivity index (χ1) is 10.9. The lowest BCUT2D eigenvalue weighted by molar-refractivity contribution is 1.12. The number of hydrogen-bond donors (Lipinski definition) is 0. The molecule has 22 heavy (non-hydrogen) atoms. The minimum atomic E-state index is 0.787. The first kappa shape index (κ1) is 12.7. The Labute approximate surface area is 131 Å². The summed E-state index contributed by atoms with van der Waals surface area (Å²) in [5, 5.41) is 0. The zero-order chi connectivity index (χ0) is 14.8. The summed E-state index contributed by atoms with van der Waals surface area (Å²) >= 11 is 1.60. The molecular weight excluding hydrogens is 292 g/mol. The van der Waals surface area contributed by atoms with Crippen molar-refractivity contribution < 1.29 is 0 Å². The minimum absolute atomic E-state index is 0.787. The summed E-state index contributed by atoms with van der Waals surface area (Å²) in [4.78, 5) is 14.6. The van der Waals surface area contributed by atoms with E-state index in [1.54, 1.807) is 36.1 Å². The summed E-state index contributed by atoms with van der Waals surface area (Å²) in [6.07, 6.45) is 12.0. The van der Waals surface area contributed by atoms with Crippen LogP contribution in [0.4, 0.5) is 0 Å². The Kier molecular flexibility index (Phi) is 3.15. The lowest BCUT2D eigenvalue weighted by Gasteiger charge is -1.86. The molecule has 0 aliphatic rings. The van der Waals surface area contributed by atoms with E-state index in [1.807, 2.05) is 34.9 Å². The molecular formula is C17H9N4S. The molecule has 0 aromatic carbocycles. The first-order valence-electron chi connectivity index (χ1n) is 6.62. The molecule has 5 heteroatoms. The van der Waals surface area contributed by atoms with Crippen LogP contribution in [0.1, 0.15) is 10.4 Å². The third-order valence-electron chi connectivity index (χ3n) is 3.04. The van der Waals surface area contributed by atoms with Crippen molar-refractivity contribution in [3.8, 4) is 22.4 Å². The summed E-state index contributed by atoms with van der Waals surface area (Å²) < 4.78 is 1.84. The van der Waals surface area contributed by atoms with Gasteiger partial charge in [-0.1, -0.05) is 11.8 Å². The summed E-state index contributed by atoms with van der Waals surface area (Å²) in [6.45, 7) is 0. The van der Waals surface area contributed by atoms with Crippen molar-refractivity contribution in [3.63, 3.8) is 0 Å². The van der Waals surface area contributed by atoms with Crippen molar-refractivity contribution >= 4 is 17.0 Å². The van der Waals surface area contributed by atoms with Crippen LogP contribution >= 0.6 is 11.3 Å². The smallest absolute Gasteiger partial charge is 0.156 e. The number of hydrogen-bond acceptors (Lipinski definition) is 4. The Morgan fingerprint density at radius 2 is 1.91 bits per heavy atom. The Morgan fingerprint density at radius 1 is 1.00 bits per heavy atom. The largest absolute Gasteiger partial charge is 0.295 e. The van der Waals surface area contributed by atoms with Crippen LogP contribution in [-0.4, -0.2) is 19.4 Å². The van der Waals surface area contributed by atoms with E-state index in [0.717, 1.165) is 26.7 Å². The van der Waals surface area contributed by atoms with Gasteiger partial charge in [0.1, 0.15) is 11.9 Å². The molecule has 0 atom stereocenters. The van der Waals surface area contributed by atoms with E-state index >= 15 is 0 Å². The molecule has 0 bridgehead atoms. The predicted octanol–water partition coefficient (Wildman–Crippen LogP) is 3.05. The molecule has 0 fully saturated rings. The van der Waals surface area contributed by atoms with Crippen molar-refractivity contribution in [1.82, 2.24) is 19.4 Å². The number of pyridine rings is 1. The average molecular weight is 301 g/mol. The van der Waals surface area contributed by atoms with Crippen LogP contribution < -0.4 is 0 Å². The van der Waals surface area contributed by atoms with E-state index in [-0.39, 0.29) is 0 Å². The van der Waals surface area contributed by atoms with Gasteiger partial charge >= 0.3 is 0 Å². The van der Waals surface area contributed by atoms with Crippen molar-refractivity contribution in [3.05, 3.63) is 71.9 Å². The van der Waals surface area contributed by atoms with Gasteiger partial charge in [-0.25, -0.2) is 4.98 Å². The molecule has 4 rings (SSSR count). The number of imidazole rings is 1. The quantitative estimate of drug-likeness (QED) is 0.508. The van der Waals surface area contributed by atoms with Gasteiger partial charge in [-0.2, -0.15) is 0 Å². The van der Waals surface area contributed by atoms with Crippen LogP contribution in [0, 0.1) is 18.0 Å². The van der Waals surface area contributed by atoms with Crippen LogP contribution in [-0.2, 0) is 0 Å². The number of nitrogens with zero attached hydrogens (tertiary/aromatic N) is 4. The van der Waals surface area contributed by atoms with Crippen LogP contribution in [0.3, 0.4) is 0 Å². The predicted molar refractivity (Wildman–Crippen MR) is 85.4 cm³/mol. The van der Waals surface area contributed by atoms with Crippen LogP contribution in [0.25, 0.3) is 16.2 Å². The second-order valence-electron chi connectivity index (χ2n) is 4.53. The van der Waals surface area contributed by atoms with Gasteiger partial charge in [-0.15, -0.1) is 11.3 Å². The van der Waals surface area contributed by atoms with E-state index in [9.17, 15) is 0 Å². The normalized spacial score (nSPS) is 10.4. The monoisotopic (exact) mass is 301 g/mol. The Balaban J connectivity index is 1.65. The second kappa shape index (κ2) is 5.43. The first-order valence-corrected chi connectivity index (χ1v) is 7.44. The SMILES string of the molecule is C(#Cc1ccc(-c2[c]n3ccncc3n2)s1)c1ccncc1. The van der Waals surface area contributed by atoms with Gasteiger partial charge in [-0.3, -0.25) is 14.4 Å². The van der Waals surface area contributed by atoms with Gasteiger partial charge in [0.2, 0.25) is 0 Å². The van der Waals surface area contributed by atoms with E-state index in [4.69, 9.17) is 0 Å². The van der Waals surface area contributed by atoms with Gasteiger partial charge in [0.25, 0.3) is 0 Å². The molecule has 0 unspecified atom stereocenters. The van der Waals surface area contributed by atoms with Gasteiger partial charge in [0.15, 0.2) is 5.65 Å². The molecule has 0 spiro atoms. The molecule has 4 nitrogen and oxygen atoms in total. The average Bonchev–Trinajstić information content (AvgIpc) is 3.20. The van der Waals surface area contributed by atoms with Crippen molar-refractivity contribution in [2.45, 2.75) is 0 Å². The van der Waals surface area contributed by atoms with Crippen molar-refractivity contribution in [2.24, 2.45) is 0 Å². The standard InChI is InChI=1S/C17H9N4S/c1(13-5-7-18-8-6-13)2-14-3-4-16(22-14)15-12-21-10-9-19-11-17(21)20-15/h3-11H. The highest BCUT2D eigenvalue weighted by molar-refractivity contribution is 7.16. The molecule has 1 radical (unpaired) electrons. The van der Waals surface area contributed by atoms with Gasteiger partial charge in [0, 0.05) is 30.4 Å². The lowest BCUT2D eigenvalue weighted by Crippen LogP contribution is -1.81. The van der Waals surface area contributed by atoms with E-state index < -0.39 is 0 Å². The fourth-order valence-corrected chi connectivity index (χ4v) is 2.79. The van der Waals surface area contributed by atoms with Gasteiger partial charge < -0.3 is 0 Å². The highest BCUT2D eigenvalue weighted by Gasteiger charge is 2.07. The van der Waals surface area contributed by atoms with Crippen LogP contribution in [0.15, 0.2) is 55.2 Å². The van der Waals surface area contributed by atoms with Crippen molar-refractivity contribution in [2.75, 3.05) is 0 Å². The maximum absolute atomic E-state index is 4.51. The number of thiophene rings is 1. The molecule has 0 saturated heterocycles. The van der Waals surface area contributed by atoms with Crippen LogP contribution in [0.5, 0.6) is 0 Å². The Hall–Kier alpha value is -2.97. The molecule has 4 aromatic heterocycles. The molecule has 0 N–H and O–H groups in total. The second-order valence-corrected chi connectivity index (χ2v) is 5.61. The molecule has 0 aliphatic carbocycles. The van der Waals surface area contributed by atoms with Gasteiger partial charge in [-0.05, 0) is 24.3 Å².